The van der Waals surface area contributed by atoms with Gasteiger partial charge in [0.1, 0.15) is 5.82 Å². The molecular weight excluding hydrogens is 175 g/mol. The Morgan fingerprint density at radius 1 is 1.33 bits per heavy atom. The van der Waals surface area contributed by atoms with Crippen molar-refractivity contribution in [3.8, 4) is 0 Å². The van der Waals surface area contributed by atoms with E-state index < -0.39 is 0 Å². The molecule has 0 bridgehead atoms. The summed E-state index contributed by atoms with van der Waals surface area (Å²) in [5, 5.41) is 0.484. The van der Waals surface area contributed by atoms with Gasteiger partial charge in [-0.1, -0.05) is 31.5 Å². The summed E-state index contributed by atoms with van der Waals surface area (Å²) in [6.07, 6.45) is 0. The Hall–Kier alpha value is -0.560. The van der Waals surface area contributed by atoms with Crippen molar-refractivity contribution in [2.24, 2.45) is 0 Å². The van der Waals surface area contributed by atoms with Crippen molar-refractivity contribution < 1.29 is 4.39 Å². The zero-order valence-electron chi connectivity index (χ0n) is 7.41. The van der Waals surface area contributed by atoms with Crippen molar-refractivity contribution in [1.29, 1.82) is 0 Å². The highest BCUT2D eigenvalue weighted by Crippen LogP contribution is 2.25. The van der Waals surface area contributed by atoms with Crippen molar-refractivity contribution in [1.82, 2.24) is 0 Å². The monoisotopic (exact) mass is 185 g/mol. The topological polar surface area (TPSA) is 0 Å². The maximum atomic E-state index is 12.9. The molecule has 0 aliphatic carbocycles. The molecule has 1 aromatic carbocycles. The lowest BCUT2D eigenvalue weighted by molar-refractivity contribution is 0.618. The van der Waals surface area contributed by atoms with Crippen molar-refractivity contribution in [3.63, 3.8) is 0 Å². The summed E-state index contributed by atoms with van der Waals surface area (Å²) in [7, 11) is 0. The smallest absolute Gasteiger partial charge is 0.127 e. The number of hydrogen-bond donors (Lipinski definition) is 0. The molecule has 0 amide bonds. The third-order valence-corrected chi connectivity index (χ3v) is 2.10. The van der Waals surface area contributed by atoms with Crippen LogP contribution in [0.5, 0.6) is 0 Å². The molecule has 1 rings (SSSR count). The van der Waals surface area contributed by atoms with Gasteiger partial charge in [0.15, 0.2) is 0 Å². The first-order chi connectivity index (χ1) is 5.52. The summed E-state index contributed by atoms with van der Waals surface area (Å²) >= 11 is 5.84. The highest BCUT2D eigenvalue weighted by atomic mass is 35.5. The number of aryl methyl sites for hydroxylation is 1. The molecule has 0 aliphatic heterocycles. The highest BCUT2D eigenvalue weighted by molar-refractivity contribution is 6.31. The minimum atomic E-state index is -0.245. The minimum absolute atomic E-state index is 0.245. The van der Waals surface area contributed by atoms with Gasteiger partial charge < -0.3 is 0 Å². The van der Waals surface area contributed by atoms with Gasteiger partial charge in [0, 0.05) is 10.9 Å². The number of benzene rings is 1. The standard InChI is InChI=1S/C10H11ClF/c1-6(2)8-4-7(3)10(12)5-9(8)11/h4-5H,1-3H3. The second kappa shape index (κ2) is 3.44. The van der Waals surface area contributed by atoms with E-state index in [2.05, 4.69) is 0 Å². The Labute approximate surface area is 77.4 Å². The zero-order valence-corrected chi connectivity index (χ0v) is 8.17. The lowest BCUT2D eigenvalue weighted by Gasteiger charge is -2.08. The van der Waals surface area contributed by atoms with Crippen LogP contribution in [0.25, 0.3) is 0 Å². The van der Waals surface area contributed by atoms with Crippen LogP contribution < -0.4 is 0 Å². The van der Waals surface area contributed by atoms with Crippen LogP contribution in [0.4, 0.5) is 4.39 Å². The molecule has 0 saturated carbocycles. The third-order valence-electron chi connectivity index (χ3n) is 1.79. The Bertz CT molecular complexity index is 292. The van der Waals surface area contributed by atoms with Crippen LogP contribution in [0.2, 0.25) is 5.02 Å². The second-order valence-electron chi connectivity index (χ2n) is 3.08. The van der Waals surface area contributed by atoms with Crippen LogP contribution in [0, 0.1) is 18.7 Å². The first kappa shape index (κ1) is 9.53. The molecule has 0 aliphatic rings. The lowest BCUT2D eigenvalue weighted by Crippen LogP contribution is -1.93. The molecule has 0 N–H and O–H groups in total. The molecule has 0 unspecified atom stereocenters. The van der Waals surface area contributed by atoms with E-state index in [0.717, 1.165) is 11.5 Å². The van der Waals surface area contributed by atoms with E-state index in [-0.39, 0.29) is 5.82 Å². The normalized spacial score (nSPS) is 10.8. The van der Waals surface area contributed by atoms with E-state index in [1.54, 1.807) is 13.0 Å². The van der Waals surface area contributed by atoms with Gasteiger partial charge >= 0.3 is 0 Å². The Morgan fingerprint density at radius 3 is 2.42 bits per heavy atom. The molecule has 65 valence electrons. The first-order valence-corrected chi connectivity index (χ1v) is 4.16. The average Bonchev–Trinajstić information content (AvgIpc) is 1.96. The molecule has 0 saturated heterocycles. The summed E-state index contributed by atoms with van der Waals surface area (Å²) in [4.78, 5) is 0. The molecular formula is C10H11ClF. The van der Waals surface area contributed by atoms with Gasteiger partial charge in [0.2, 0.25) is 0 Å². The summed E-state index contributed by atoms with van der Waals surface area (Å²) in [6, 6.07) is 3.13. The fourth-order valence-electron chi connectivity index (χ4n) is 1.04. The molecule has 0 atom stereocenters. The van der Waals surface area contributed by atoms with Gasteiger partial charge in [-0.25, -0.2) is 4.39 Å². The minimum Gasteiger partial charge on any atom is -0.207 e. The van der Waals surface area contributed by atoms with Crippen molar-refractivity contribution in [2.45, 2.75) is 20.8 Å². The van der Waals surface area contributed by atoms with E-state index in [0.29, 0.717) is 10.6 Å². The van der Waals surface area contributed by atoms with Crippen LogP contribution in [0.15, 0.2) is 12.1 Å². The molecule has 2 heteroatoms. The quantitative estimate of drug-likeness (QED) is 0.625. The van der Waals surface area contributed by atoms with E-state index in [1.165, 1.54) is 6.07 Å². The number of halogens is 2. The van der Waals surface area contributed by atoms with Gasteiger partial charge in [-0.2, -0.15) is 0 Å². The molecule has 0 spiro atoms. The van der Waals surface area contributed by atoms with Crippen LogP contribution in [-0.2, 0) is 0 Å². The van der Waals surface area contributed by atoms with Gasteiger partial charge in [-0.15, -0.1) is 0 Å². The molecule has 1 radical (unpaired) electrons. The van der Waals surface area contributed by atoms with Crippen LogP contribution >= 0.6 is 11.6 Å². The molecule has 1 aromatic rings. The van der Waals surface area contributed by atoms with E-state index in [4.69, 9.17) is 11.6 Å². The summed E-state index contributed by atoms with van der Waals surface area (Å²) in [5.74, 6) is 0.855. The van der Waals surface area contributed by atoms with Crippen molar-refractivity contribution >= 4 is 11.6 Å². The third kappa shape index (κ3) is 1.78. The zero-order chi connectivity index (χ0) is 9.30. The van der Waals surface area contributed by atoms with Gasteiger partial charge in [0.05, 0.1) is 0 Å². The predicted molar refractivity (Wildman–Crippen MR) is 49.8 cm³/mol. The Kier molecular flexibility index (Phi) is 2.73. The van der Waals surface area contributed by atoms with Crippen LogP contribution in [0.1, 0.15) is 25.0 Å². The van der Waals surface area contributed by atoms with Gasteiger partial charge in [-0.05, 0) is 24.1 Å². The number of rotatable bonds is 1. The second-order valence-corrected chi connectivity index (χ2v) is 3.49. The summed E-state index contributed by atoms with van der Waals surface area (Å²) < 4.78 is 12.9. The molecule has 0 fully saturated rings. The highest BCUT2D eigenvalue weighted by Gasteiger charge is 2.08. The van der Waals surface area contributed by atoms with E-state index in [1.807, 2.05) is 13.8 Å². The Balaban J connectivity index is 3.23. The lowest BCUT2D eigenvalue weighted by atomic mass is 10.0. The average molecular weight is 186 g/mol. The SMILES string of the molecule is C[C](C)c1cc(C)c(F)cc1Cl. The maximum Gasteiger partial charge on any atom is 0.127 e. The molecule has 0 nitrogen and oxygen atoms in total. The molecule has 0 heterocycles. The van der Waals surface area contributed by atoms with Gasteiger partial charge in [0.25, 0.3) is 0 Å². The van der Waals surface area contributed by atoms with Crippen molar-refractivity contribution in [3.05, 3.63) is 40.0 Å². The molecule has 12 heavy (non-hydrogen) atoms. The van der Waals surface area contributed by atoms with Crippen LogP contribution in [-0.4, -0.2) is 0 Å². The van der Waals surface area contributed by atoms with E-state index >= 15 is 0 Å². The summed E-state index contributed by atoms with van der Waals surface area (Å²) in [6.45, 7) is 5.65. The number of hydrogen-bond acceptors (Lipinski definition) is 0. The molecule has 0 aromatic heterocycles. The predicted octanol–water partition coefficient (Wildman–Crippen LogP) is 3.75. The fraction of sp³-hybridized carbons (Fsp3) is 0.300. The van der Waals surface area contributed by atoms with Crippen molar-refractivity contribution in [2.75, 3.05) is 0 Å². The maximum absolute atomic E-state index is 12.9. The van der Waals surface area contributed by atoms with Gasteiger partial charge in [-0.3, -0.25) is 0 Å². The summed E-state index contributed by atoms with van der Waals surface area (Å²) in [5.41, 5.74) is 1.56. The first-order valence-electron chi connectivity index (χ1n) is 3.78. The van der Waals surface area contributed by atoms with E-state index in [9.17, 15) is 4.39 Å². The fourth-order valence-corrected chi connectivity index (χ4v) is 1.38. The van der Waals surface area contributed by atoms with Crippen LogP contribution in [0.3, 0.4) is 0 Å². The Morgan fingerprint density at radius 2 is 1.92 bits per heavy atom. The largest absolute Gasteiger partial charge is 0.207 e.